The van der Waals surface area contributed by atoms with Gasteiger partial charge in [-0.1, -0.05) is 6.92 Å². The predicted octanol–water partition coefficient (Wildman–Crippen LogP) is 3.88. The van der Waals surface area contributed by atoms with E-state index in [9.17, 15) is 4.79 Å². The minimum atomic E-state index is 0.645. The van der Waals surface area contributed by atoms with Gasteiger partial charge in [-0.3, -0.25) is 9.36 Å². The first-order valence-corrected chi connectivity index (χ1v) is 7.33. The molecule has 0 aliphatic rings. The topological polar surface area (TPSA) is 50.7 Å². The van der Waals surface area contributed by atoms with Crippen molar-refractivity contribution in [2.24, 2.45) is 0 Å². The van der Waals surface area contributed by atoms with Gasteiger partial charge in [-0.25, -0.2) is 4.98 Å². The van der Waals surface area contributed by atoms with Crippen LogP contribution in [-0.2, 0) is 6.42 Å². The number of rotatable bonds is 3. The highest BCUT2D eigenvalue weighted by molar-refractivity contribution is 5.88. The summed E-state index contributed by atoms with van der Waals surface area (Å²) < 4.78 is 2.05. The van der Waals surface area contributed by atoms with Crippen molar-refractivity contribution in [2.75, 3.05) is 0 Å². The van der Waals surface area contributed by atoms with Crippen LogP contribution < -0.4 is 0 Å². The lowest BCUT2D eigenvalue weighted by molar-refractivity contribution is 0.112. The molecule has 0 spiro atoms. The number of carbonyl (C=O) groups excluding carboxylic acids is 1. The zero-order chi connectivity index (χ0) is 15.1. The highest BCUT2D eigenvalue weighted by Crippen LogP contribution is 2.25. The Morgan fingerprint density at radius 2 is 2.14 bits per heavy atom. The summed E-state index contributed by atoms with van der Waals surface area (Å²) in [6, 6.07) is 11.9. The third-order valence-electron chi connectivity index (χ3n) is 4.12. The predicted molar refractivity (Wildman–Crippen MR) is 87.7 cm³/mol. The van der Waals surface area contributed by atoms with Crippen molar-refractivity contribution in [1.82, 2.24) is 14.5 Å². The van der Waals surface area contributed by atoms with Crippen LogP contribution in [0.1, 0.15) is 22.8 Å². The van der Waals surface area contributed by atoms with E-state index < -0.39 is 0 Å². The Kier molecular flexibility index (Phi) is 2.82. The Morgan fingerprint density at radius 3 is 2.95 bits per heavy atom. The Balaban J connectivity index is 1.92. The van der Waals surface area contributed by atoms with Gasteiger partial charge in [0.2, 0.25) is 0 Å². The van der Waals surface area contributed by atoms with Crippen LogP contribution >= 0.6 is 0 Å². The van der Waals surface area contributed by atoms with Crippen LogP contribution in [0.2, 0.25) is 0 Å². The minimum Gasteiger partial charge on any atom is -0.361 e. The number of hydrogen-bond acceptors (Lipinski definition) is 2. The second-order valence-corrected chi connectivity index (χ2v) is 5.38. The lowest BCUT2D eigenvalue weighted by atomic mass is 10.1. The summed E-state index contributed by atoms with van der Waals surface area (Å²) in [6.07, 6.45) is 5.71. The first-order chi connectivity index (χ1) is 10.8. The van der Waals surface area contributed by atoms with E-state index in [4.69, 9.17) is 0 Å². The number of aromatic nitrogens is 3. The van der Waals surface area contributed by atoms with Crippen LogP contribution in [0.3, 0.4) is 0 Å². The lowest BCUT2D eigenvalue weighted by Gasteiger charge is -2.05. The molecule has 4 rings (SSSR count). The lowest BCUT2D eigenvalue weighted by Crippen LogP contribution is -1.92. The number of nitrogens with zero attached hydrogens (tertiary/aromatic N) is 2. The van der Waals surface area contributed by atoms with E-state index in [-0.39, 0.29) is 0 Å². The quantitative estimate of drug-likeness (QED) is 0.582. The number of hydrogen-bond donors (Lipinski definition) is 1. The fourth-order valence-electron chi connectivity index (χ4n) is 2.92. The Morgan fingerprint density at radius 1 is 1.23 bits per heavy atom. The summed E-state index contributed by atoms with van der Waals surface area (Å²) in [5.74, 6) is 0. The molecule has 4 aromatic rings. The molecule has 0 saturated carbocycles. The number of carbonyl (C=O) groups is 1. The maximum atomic E-state index is 10.9. The summed E-state index contributed by atoms with van der Waals surface area (Å²) in [7, 11) is 0. The number of H-pyrrole nitrogens is 1. The zero-order valence-electron chi connectivity index (χ0n) is 12.2. The third kappa shape index (κ3) is 1.84. The van der Waals surface area contributed by atoms with Gasteiger partial charge in [0.1, 0.15) is 12.6 Å². The normalized spacial score (nSPS) is 11.3. The van der Waals surface area contributed by atoms with E-state index in [0.29, 0.717) is 5.56 Å². The molecule has 0 bridgehead atoms. The fraction of sp³-hybridized carbons (Fsp3) is 0.111. The molecule has 0 amide bonds. The molecule has 22 heavy (non-hydrogen) atoms. The summed E-state index contributed by atoms with van der Waals surface area (Å²) in [6.45, 7) is 2.16. The maximum Gasteiger partial charge on any atom is 0.150 e. The smallest absolute Gasteiger partial charge is 0.150 e. The van der Waals surface area contributed by atoms with E-state index >= 15 is 0 Å². The number of nitrogens with one attached hydrogen (secondary N) is 1. The van der Waals surface area contributed by atoms with Crippen molar-refractivity contribution in [3.8, 4) is 5.69 Å². The summed E-state index contributed by atoms with van der Waals surface area (Å²) in [4.78, 5) is 18.6. The molecular formula is C18H15N3O. The van der Waals surface area contributed by atoms with Gasteiger partial charge in [0, 0.05) is 28.4 Å². The van der Waals surface area contributed by atoms with Crippen LogP contribution in [0.4, 0.5) is 0 Å². The first kappa shape index (κ1) is 12.8. The molecule has 0 fully saturated rings. The Hall–Kier alpha value is -2.88. The minimum absolute atomic E-state index is 0.645. The number of aromatic amines is 1. The second kappa shape index (κ2) is 4.84. The van der Waals surface area contributed by atoms with Gasteiger partial charge in [-0.2, -0.15) is 0 Å². The van der Waals surface area contributed by atoms with Gasteiger partial charge in [0.05, 0.1) is 11.0 Å². The highest BCUT2D eigenvalue weighted by atomic mass is 16.1. The van der Waals surface area contributed by atoms with Crippen molar-refractivity contribution in [1.29, 1.82) is 0 Å². The fourth-order valence-corrected chi connectivity index (χ4v) is 2.92. The van der Waals surface area contributed by atoms with Crippen LogP contribution in [-0.4, -0.2) is 20.8 Å². The van der Waals surface area contributed by atoms with Crippen molar-refractivity contribution < 1.29 is 4.79 Å². The molecule has 4 heteroatoms. The number of imidazole rings is 1. The average molecular weight is 289 g/mol. The van der Waals surface area contributed by atoms with Crippen LogP contribution in [0, 0.1) is 0 Å². The second-order valence-electron chi connectivity index (χ2n) is 5.38. The van der Waals surface area contributed by atoms with Gasteiger partial charge in [0.15, 0.2) is 0 Å². The van der Waals surface area contributed by atoms with E-state index in [1.165, 1.54) is 10.9 Å². The molecule has 0 aliphatic carbocycles. The summed E-state index contributed by atoms with van der Waals surface area (Å²) in [5, 5.41) is 1.24. The van der Waals surface area contributed by atoms with Crippen LogP contribution in [0.5, 0.6) is 0 Å². The molecule has 2 aromatic heterocycles. The average Bonchev–Trinajstić information content (AvgIpc) is 3.17. The van der Waals surface area contributed by atoms with E-state index in [2.05, 4.69) is 45.9 Å². The van der Waals surface area contributed by atoms with Gasteiger partial charge in [-0.15, -0.1) is 0 Å². The largest absolute Gasteiger partial charge is 0.361 e. The summed E-state index contributed by atoms with van der Waals surface area (Å²) >= 11 is 0. The van der Waals surface area contributed by atoms with E-state index in [0.717, 1.165) is 34.9 Å². The monoisotopic (exact) mass is 289 g/mol. The molecule has 4 nitrogen and oxygen atoms in total. The number of fused-ring (bicyclic) bond motifs is 2. The third-order valence-corrected chi connectivity index (χ3v) is 4.12. The molecular weight excluding hydrogens is 274 g/mol. The molecule has 0 atom stereocenters. The Bertz CT molecular complexity index is 994. The van der Waals surface area contributed by atoms with Crippen molar-refractivity contribution in [3.05, 3.63) is 60.0 Å². The van der Waals surface area contributed by atoms with E-state index in [1.54, 1.807) is 6.33 Å². The van der Waals surface area contributed by atoms with Crippen LogP contribution in [0.15, 0.2) is 48.9 Å². The first-order valence-electron chi connectivity index (χ1n) is 7.33. The number of benzene rings is 2. The Labute approximate surface area is 127 Å². The molecule has 108 valence electrons. The molecule has 0 radical (unpaired) electrons. The van der Waals surface area contributed by atoms with Crippen molar-refractivity contribution >= 4 is 28.2 Å². The molecule has 1 N–H and O–H groups in total. The van der Waals surface area contributed by atoms with Gasteiger partial charge in [-0.05, 0) is 48.4 Å². The molecule has 2 heterocycles. The van der Waals surface area contributed by atoms with Crippen molar-refractivity contribution in [3.63, 3.8) is 0 Å². The molecule has 0 unspecified atom stereocenters. The number of aryl methyl sites for hydroxylation is 1. The zero-order valence-corrected chi connectivity index (χ0v) is 12.2. The standard InChI is InChI=1S/C18H15N3O/c1-2-13-9-19-16-5-4-14(8-15(13)16)21-11-20-17-7-12(10-22)3-6-18(17)21/h3-11,19H,2H2,1H3. The van der Waals surface area contributed by atoms with Gasteiger partial charge in [0.25, 0.3) is 0 Å². The maximum absolute atomic E-state index is 10.9. The van der Waals surface area contributed by atoms with Crippen molar-refractivity contribution in [2.45, 2.75) is 13.3 Å². The van der Waals surface area contributed by atoms with E-state index in [1.807, 2.05) is 18.2 Å². The van der Waals surface area contributed by atoms with Gasteiger partial charge >= 0.3 is 0 Å². The molecule has 2 aromatic carbocycles. The number of aldehydes is 1. The van der Waals surface area contributed by atoms with Crippen LogP contribution in [0.25, 0.3) is 27.6 Å². The SMILES string of the molecule is CCc1c[nH]c2ccc(-n3cnc4cc(C=O)ccc43)cc12. The highest BCUT2D eigenvalue weighted by Gasteiger charge is 2.08. The molecule has 0 aliphatic heterocycles. The summed E-state index contributed by atoms with van der Waals surface area (Å²) in [5.41, 5.74) is 6.00. The van der Waals surface area contributed by atoms with Gasteiger partial charge < -0.3 is 4.98 Å². The molecule has 0 saturated heterocycles.